The summed E-state index contributed by atoms with van der Waals surface area (Å²) in [6.07, 6.45) is -1.61. The monoisotopic (exact) mass is 300 g/mol. The van der Waals surface area contributed by atoms with Gasteiger partial charge in [-0.05, 0) is 30.2 Å². The van der Waals surface area contributed by atoms with Gasteiger partial charge in [-0.25, -0.2) is 13.2 Å². The third-order valence-corrected chi connectivity index (χ3v) is 3.52. The first-order valence-electron chi connectivity index (χ1n) is 5.97. The Bertz CT molecular complexity index is 643. The second-order valence-corrected chi connectivity index (χ2v) is 4.90. The molecule has 0 aromatic heterocycles. The first-order valence-corrected chi connectivity index (χ1v) is 6.35. The summed E-state index contributed by atoms with van der Waals surface area (Å²) in [5, 5.41) is 9.86. The Morgan fingerprint density at radius 1 is 1.10 bits per heavy atom. The van der Waals surface area contributed by atoms with Crippen LogP contribution < -0.4 is 0 Å². The summed E-state index contributed by atoms with van der Waals surface area (Å²) < 4.78 is 40.8. The number of benzene rings is 2. The number of halogens is 4. The Hall–Kier alpha value is -1.52. The van der Waals surface area contributed by atoms with Crippen molar-refractivity contribution in [2.75, 3.05) is 0 Å². The third-order valence-electron chi connectivity index (χ3n) is 3.10. The highest BCUT2D eigenvalue weighted by Crippen LogP contribution is 2.29. The summed E-state index contributed by atoms with van der Waals surface area (Å²) in [4.78, 5) is 0. The van der Waals surface area contributed by atoms with Gasteiger partial charge in [0.15, 0.2) is 0 Å². The van der Waals surface area contributed by atoms with E-state index in [1.807, 2.05) is 0 Å². The molecule has 0 amide bonds. The van der Waals surface area contributed by atoms with Crippen LogP contribution in [0, 0.1) is 24.4 Å². The van der Waals surface area contributed by atoms with E-state index in [0.29, 0.717) is 5.56 Å². The van der Waals surface area contributed by atoms with Gasteiger partial charge in [-0.15, -0.1) is 0 Å². The average molecular weight is 301 g/mol. The molecule has 0 aliphatic heterocycles. The molecule has 0 saturated carbocycles. The van der Waals surface area contributed by atoms with Crippen LogP contribution in [-0.4, -0.2) is 5.11 Å². The molecule has 1 atom stereocenters. The van der Waals surface area contributed by atoms with Gasteiger partial charge in [-0.2, -0.15) is 0 Å². The molecule has 106 valence electrons. The molecule has 0 bridgehead atoms. The number of aliphatic hydroxyl groups is 1. The van der Waals surface area contributed by atoms with Crippen LogP contribution >= 0.6 is 11.6 Å². The van der Waals surface area contributed by atoms with Gasteiger partial charge >= 0.3 is 0 Å². The van der Waals surface area contributed by atoms with Crippen molar-refractivity contribution < 1.29 is 18.3 Å². The maximum absolute atomic E-state index is 13.9. The van der Waals surface area contributed by atoms with Crippen molar-refractivity contribution in [3.63, 3.8) is 0 Å². The van der Waals surface area contributed by atoms with Crippen LogP contribution in [0.25, 0.3) is 0 Å². The first-order chi connectivity index (χ1) is 9.41. The number of hydrogen-bond donors (Lipinski definition) is 1. The van der Waals surface area contributed by atoms with Crippen molar-refractivity contribution >= 4 is 11.6 Å². The molecule has 0 spiro atoms. The van der Waals surface area contributed by atoms with Crippen LogP contribution in [0.3, 0.4) is 0 Å². The molecular formula is C15H12ClF3O. The summed E-state index contributed by atoms with van der Waals surface area (Å²) in [5.41, 5.74) is 0.0931. The van der Waals surface area contributed by atoms with E-state index in [9.17, 15) is 18.3 Å². The summed E-state index contributed by atoms with van der Waals surface area (Å²) in [7, 11) is 0. The standard InChI is InChI=1S/C15H12ClF3O/c1-8-5-6-10(17)13(15(8)19)12(20)7-9-3-2-4-11(18)14(9)16/h2-6,12,20H,7H2,1H3. The number of aryl methyl sites for hydroxylation is 1. The molecule has 1 N–H and O–H groups in total. The lowest BCUT2D eigenvalue weighted by molar-refractivity contribution is 0.168. The summed E-state index contributed by atoms with van der Waals surface area (Å²) in [5.74, 6) is -2.28. The smallest absolute Gasteiger partial charge is 0.142 e. The fourth-order valence-electron chi connectivity index (χ4n) is 2.00. The zero-order valence-electron chi connectivity index (χ0n) is 10.6. The highest BCUT2D eigenvalue weighted by atomic mass is 35.5. The minimum atomic E-state index is -1.44. The van der Waals surface area contributed by atoms with Crippen molar-refractivity contribution in [2.45, 2.75) is 19.4 Å². The van der Waals surface area contributed by atoms with Crippen LogP contribution in [0.5, 0.6) is 0 Å². The fourth-order valence-corrected chi connectivity index (χ4v) is 2.20. The van der Waals surface area contributed by atoms with Crippen LogP contribution in [-0.2, 0) is 6.42 Å². The van der Waals surface area contributed by atoms with Crippen LogP contribution in [0.2, 0.25) is 5.02 Å². The molecule has 2 aromatic carbocycles. The van der Waals surface area contributed by atoms with Gasteiger partial charge in [0.2, 0.25) is 0 Å². The molecule has 0 aliphatic carbocycles. The van der Waals surface area contributed by atoms with E-state index in [1.54, 1.807) is 0 Å². The summed E-state index contributed by atoms with van der Waals surface area (Å²) in [6, 6.07) is 6.47. The average Bonchev–Trinajstić information content (AvgIpc) is 2.40. The molecule has 0 heterocycles. The molecule has 20 heavy (non-hydrogen) atoms. The predicted octanol–water partition coefficient (Wildman–Crippen LogP) is 4.34. The molecule has 2 rings (SSSR count). The normalized spacial score (nSPS) is 12.5. The van der Waals surface area contributed by atoms with E-state index in [2.05, 4.69) is 0 Å². The lowest BCUT2D eigenvalue weighted by atomic mass is 9.98. The van der Waals surface area contributed by atoms with Gasteiger partial charge in [0, 0.05) is 6.42 Å². The molecule has 0 aliphatic rings. The second-order valence-electron chi connectivity index (χ2n) is 4.52. The molecule has 1 unspecified atom stereocenters. The van der Waals surface area contributed by atoms with Crippen molar-refractivity contribution in [3.8, 4) is 0 Å². The van der Waals surface area contributed by atoms with Gasteiger partial charge < -0.3 is 5.11 Å². The Kier molecular flexibility index (Phi) is 4.35. The lowest BCUT2D eigenvalue weighted by Crippen LogP contribution is -2.09. The topological polar surface area (TPSA) is 20.2 Å². The van der Waals surface area contributed by atoms with Crippen LogP contribution in [0.15, 0.2) is 30.3 Å². The third kappa shape index (κ3) is 2.81. The Labute approximate surface area is 119 Å². The van der Waals surface area contributed by atoms with E-state index >= 15 is 0 Å². The lowest BCUT2D eigenvalue weighted by Gasteiger charge is -2.15. The van der Waals surface area contributed by atoms with E-state index in [1.165, 1.54) is 31.2 Å². The van der Waals surface area contributed by atoms with Gasteiger partial charge in [-0.1, -0.05) is 29.8 Å². The molecule has 2 aromatic rings. The quantitative estimate of drug-likeness (QED) is 0.894. The van der Waals surface area contributed by atoms with E-state index < -0.39 is 29.1 Å². The highest BCUT2D eigenvalue weighted by molar-refractivity contribution is 6.31. The SMILES string of the molecule is Cc1ccc(F)c(C(O)Cc2cccc(F)c2Cl)c1F. The molecule has 5 heteroatoms. The molecule has 0 fully saturated rings. The molecule has 0 saturated heterocycles. The maximum atomic E-state index is 13.9. The minimum absolute atomic E-state index is 0.153. The molecule has 0 radical (unpaired) electrons. The molecular weight excluding hydrogens is 289 g/mol. The number of hydrogen-bond acceptors (Lipinski definition) is 1. The summed E-state index contributed by atoms with van der Waals surface area (Å²) >= 11 is 5.76. The zero-order chi connectivity index (χ0) is 14.9. The van der Waals surface area contributed by atoms with E-state index in [4.69, 9.17) is 11.6 Å². The van der Waals surface area contributed by atoms with Crippen molar-refractivity contribution in [3.05, 3.63) is 69.5 Å². The van der Waals surface area contributed by atoms with E-state index in [0.717, 1.165) is 6.07 Å². The van der Waals surface area contributed by atoms with Crippen molar-refractivity contribution in [1.29, 1.82) is 0 Å². The van der Waals surface area contributed by atoms with Gasteiger partial charge in [0.1, 0.15) is 17.5 Å². The number of aliphatic hydroxyl groups excluding tert-OH is 1. The maximum Gasteiger partial charge on any atom is 0.142 e. The fraction of sp³-hybridized carbons (Fsp3) is 0.200. The largest absolute Gasteiger partial charge is 0.388 e. The predicted molar refractivity (Wildman–Crippen MR) is 71.2 cm³/mol. The molecule has 1 nitrogen and oxygen atoms in total. The Morgan fingerprint density at radius 3 is 2.50 bits per heavy atom. The van der Waals surface area contributed by atoms with Crippen molar-refractivity contribution in [1.82, 2.24) is 0 Å². The second kappa shape index (κ2) is 5.85. The highest BCUT2D eigenvalue weighted by Gasteiger charge is 2.21. The Morgan fingerprint density at radius 2 is 1.80 bits per heavy atom. The minimum Gasteiger partial charge on any atom is -0.388 e. The first kappa shape index (κ1) is 14.9. The van der Waals surface area contributed by atoms with Crippen LogP contribution in [0.1, 0.15) is 22.8 Å². The Balaban J connectivity index is 2.36. The summed E-state index contributed by atoms with van der Waals surface area (Å²) in [6.45, 7) is 1.47. The zero-order valence-corrected chi connectivity index (χ0v) is 11.4. The van der Waals surface area contributed by atoms with Gasteiger partial charge in [0.25, 0.3) is 0 Å². The van der Waals surface area contributed by atoms with Gasteiger partial charge in [-0.3, -0.25) is 0 Å². The van der Waals surface area contributed by atoms with E-state index in [-0.39, 0.29) is 17.0 Å². The van der Waals surface area contributed by atoms with Gasteiger partial charge in [0.05, 0.1) is 16.7 Å². The van der Waals surface area contributed by atoms with Crippen LogP contribution in [0.4, 0.5) is 13.2 Å². The number of rotatable bonds is 3. The van der Waals surface area contributed by atoms with Crippen molar-refractivity contribution in [2.24, 2.45) is 0 Å².